The van der Waals surface area contributed by atoms with E-state index in [9.17, 15) is 4.79 Å². The topological polar surface area (TPSA) is 71.2 Å². The molecule has 1 aromatic rings. The summed E-state index contributed by atoms with van der Waals surface area (Å²) in [6, 6.07) is 3.60. The summed E-state index contributed by atoms with van der Waals surface area (Å²) in [5.41, 5.74) is 6.81. The molecule has 1 saturated heterocycles. The van der Waals surface area contributed by atoms with E-state index in [0.29, 0.717) is 11.4 Å². The Hall–Kier alpha value is -1.69. The van der Waals surface area contributed by atoms with E-state index in [1.807, 2.05) is 11.0 Å². The van der Waals surface area contributed by atoms with E-state index in [1.54, 1.807) is 12.3 Å². The van der Waals surface area contributed by atoms with E-state index in [0.717, 1.165) is 25.9 Å². The van der Waals surface area contributed by atoms with Gasteiger partial charge in [0.05, 0.1) is 12.2 Å². The van der Waals surface area contributed by atoms with Gasteiger partial charge < -0.3 is 16.0 Å². The van der Waals surface area contributed by atoms with Crippen molar-refractivity contribution in [2.45, 2.75) is 12.8 Å². The maximum atomic E-state index is 11.9. The summed E-state index contributed by atoms with van der Waals surface area (Å²) >= 11 is 4.92. The van der Waals surface area contributed by atoms with Crippen molar-refractivity contribution in [3.63, 3.8) is 0 Å². The van der Waals surface area contributed by atoms with E-state index >= 15 is 0 Å². The molecule has 3 N–H and O–H groups in total. The molecule has 0 aliphatic carbocycles. The molecule has 96 valence electrons. The van der Waals surface area contributed by atoms with Crippen LogP contribution in [0.1, 0.15) is 18.5 Å². The van der Waals surface area contributed by atoms with Crippen LogP contribution in [0.5, 0.6) is 0 Å². The quantitative estimate of drug-likeness (QED) is 0.785. The fraction of sp³-hybridized carbons (Fsp3) is 0.417. The zero-order valence-electron chi connectivity index (χ0n) is 10.1. The highest BCUT2D eigenvalue weighted by Gasteiger charge is 2.17. The molecular formula is C12H16N4OS. The lowest BCUT2D eigenvalue weighted by molar-refractivity contribution is -0.128. The van der Waals surface area contributed by atoms with Crippen molar-refractivity contribution < 1.29 is 4.79 Å². The molecule has 0 unspecified atom stereocenters. The molecule has 1 aliphatic rings. The van der Waals surface area contributed by atoms with Gasteiger partial charge in [-0.2, -0.15) is 0 Å². The third kappa shape index (κ3) is 2.95. The second-order valence-corrected chi connectivity index (χ2v) is 4.65. The van der Waals surface area contributed by atoms with Crippen molar-refractivity contribution >= 4 is 28.8 Å². The first kappa shape index (κ1) is 12.8. The summed E-state index contributed by atoms with van der Waals surface area (Å²) in [6.07, 6.45) is 3.81. The van der Waals surface area contributed by atoms with Crippen molar-refractivity contribution in [2.24, 2.45) is 5.73 Å². The second-order valence-electron chi connectivity index (χ2n) is 4.21. The number of nitrogens with one attached hydrogen (secondary N) is 1. The molecule has 1 fully saturated rings. The number of nitrogens with zero attached hydrogens (tertiary/aromatic N) is 2. The highest BCUT2D eigenvalue weighted by Crippen LogP contribution is 2.12. The van der Waals surface area contributed by atoms with Gasteiger partial charge in [0.1, 0.15) is 10.7 Å². The average Bonchev–Trinajstić information content (AvgIpc) is 2.90. The van der Waals surface area contributed by atoms with Gasteiger partial charge in [0.25, 0.3) is 0 Å². The third-order valence-electron chi connectivity index (χ3n) is 2.93. The molecule has 1 amide bonds. The maximum absolute atomic E-state index is 11.9. The highest BCUT2D eigenvalue weighted by molar-refractivity contribution is 7.80. The SMILES string of the molecule is NC(=S)c1ncccc1NCC(=O)N1CCCC1. The van der Waals surface area contributed by atoms with E-state index in [1.165, 1.54) is 0 Å². The Morgan fingerprint density at radius 3 is 2.89 bits per heavy atom. The van der Waals surface area contributed by atoms with Crippen LogP contribution in [0.3, 0.4) is 0 Å². The van der Waals surface area contributed by atoms with Gasteiger partial charge in [0.2, 0.25) is 5.91 Å². The summed E-state index contributed by atoms with van der Waals surface area (Å²) in [5.74, 6) is 0.102. The molecular weight excluding hydrogens is 248 g/mol. The van der Waals surface area contributed by atoms with Crippen LogP contribution in [-0.4, -0.2) is 40.4 Å². The molecule has 0 bridgehead atoms. The molecule has 1 aromatic heterocycles. The summed E-state index contributed by atoms with van der Waals surface area (Å²) in [5, 5.41) is 3.05. The van der Waals surface area contributed by atoms with Gasteiger partial charge in [-0.1, -0.05) is 12.2 Å². The number of amides is 1. The molecule has 0 spiro atoms. The van der Waals surface area contributed by atoms with Crippen LogP contribution in [0, 0.1) is 0 Å². The Morgan fingerprint density at radius 2 is 2.22 bits per heavy atom. The lowest BCUT2D eigenvalue weighted by atomic mass is 10.3. The number of likely N-dealkylation sites (tertiary alicyclic amines) is 1. The Labute approximate surface area is 111 Å². The highest BCUT2D eigenvalue weighted by atomic mass is 32.1. The number of thiocarbonyl (C=S) groups is 1. The van der Waals surface area contributed by atoms with Crippen molar-refractivity contribution in [3.8, 4) is 0 Å². The summed E-state index contributed by atoms with van der Waals surface area (Å²) in [6.45, 7) is 1.97. The van der Waals surface area contributed by atoms with Gasteiger partial charge in [-0.3, -0.25) is 9.78 Å². The fourth-order valence-electron chi connectivity index (χ4n) is 1.99. The Morgan fingerprint density at radius 1 is 1.50 bits per heavy atom. The number of hydrogen-bond donors (Lipinski definition) is 2. The molecule has 0 atom stereocenters. The van der Waals surface area contributed by atoms with Crippen LogP contribution < -0.4 is 11.1 Å². The minimum absolute atomic E-state index is 0.102. The van der Waals surface area contributed by atoms with Crippen molar-refractivity contribution in [3.05, 3.63) is 24.0 Å². The number of anilines is 1. The van der Waals surface area contributed by atoms with Gasteiger partial charge in [0, 0.05) is 19.3 Å². The van der Waals surface area contributed by atoms with Gasteiger partial charge in [0.15, 0.2) is 0 Å². The van der Waals surface area contributed by atoms with Crippen LogP contribution in [-0.2, 0) is 4.79 Å². The molecule has 2 heterocycles. The molecule has 2 rings (SSSR count). The molecule has 5 nitrogen and oxygen atoms in total. The number of carbonyl (C=O) groups is 1. The van der Waals surface area contributed by atoms with Crippen LogP contribution in [0.15, 0.2) is 18.3 Å². The van der Waals surface area contributed by atoms with Crippen LogP contribution in [0.25, 0.3) is 0 Å². The summed E-state index contributed by atoms with van der Waals surface area (Å²) in [7, 11) is 0. The number of nitrogens with two attached hydrogens (primary N) is 1. The molecule has 6 heteroatoms. The molecule has 0 saturated carbocycles. The van der Waals surface area contributed by atoms with Crippen molar-refractivity contribution in [2.75, 3.05) is 25.0 Å². The number of aromatic nitrogens is 1. The van der Waals surface area contributed by atoms with Crippen molar-refractivity contribution in [1.29, 1.82) is 0 Å². The zero-order chi connectivity index (χ0) is 13.0. The third-order valence-corrected chi connectivity index (χ3v) is 3.12. The molecule has 18 heavy (non-hydrogen) atoms. The van der Waals surface area contributed by atoms with Gasteiger partial charge in [-0.15, -0.1) is 0 Å². The number of carbonyl (C=O) groups excluding carboxylic acids is 1. The predicted molar refractivity (Wildman–Crippen MR) is 74.4 cm³/mol. The smallest absolute Gasteiger partial charge is 0.241 e. The minimum Gasteiger partial charge on any atom is -0.388 e. The van der Waals surface area contributed by atoms with E-state index in [2.05, 4.69) is 10.3 Å². The lowest BCUT2D eigenvalue weighted by Gasteiger charge is -2.16. The van der Waals surface area contributed by atoms with E-state index in [-0.39, 0.29) is 17.4 Å². The maximum Gasteiger partial charge on any atom is 0.241 e. The number of rotatable bonds is 4. The Kier molecular flexibility index (Phi) is 4.09. The first-order valence-corrected chi connectivity index (χ1v) is 6.36. The van der Waals surface area contributed by atoms with Gasteiger partial charge >= 0.3 is 0 Å². The first-order valence-electron chi connectivity index (χ1n) is 5.95. The largest absolute Gasteiger partial charge is 0.388 e. The summed E-state index contributed by atoms with van der Waals surface area (Å²) < 4.78 is 0. The molecule has 0 aromatic carbocycles. The van der Waals surface area contributed by atoms with Crippen LogP contribution >= 0.6 is 12.2 Å². The van der Waals surface area contributed by atoms with Gasteiger partial charge in [-0.25, -0.2) is 0 Å². The normalized spacial score (nSPS) is 14.6. The van der Waals surface area contributed by atoms with Crippen LogP contribution in [0.4, 0.5) is 5.69 Å². The standard InChI is InChI=1S/C12H16N4OS/c13-12(18)11-9(4-3-5-14-11)15-8-10(17)16-6-1-2-7-16/h3-5,15H,1-2,6-8H2,(H2,13,18). The predicted octanol–water partition coefficient (Wildman–Crippen LogP) is 0.750. The molecule has 0 radical (unpaired) electrons. The monoisotopic (exact) mass is 264 g/mol. The summed E-state index contributed by atoms with van der Waals surface area (Å²) in [4.78, 5) is 18.1. The van der Waals surface area contributed by atoms with Crippen molar-refractivity contribution in [1.82, 2.24) is 9.88 Å². The minimum atomic E-state index is 0.102. The zero-order valence-corrected chi connectivity index (χ0v) is 10.9. The Bertz CT molecular complexity index is 457. The number of pyridine rings is 1. The van der Waals surface area contributed by atoms with Gasteiger partial charge in [-0.05, 0) is 25.0 Å². The van der Waals surface area contributed by atoms with E-state index in [4.69, 9.17) is 18.0 Å². The average molecular weight is 264 g/mol. The van der Waals surface area contributed by atoms with Crippen LogP contribution in [0.2, 0.25) is 0 Å². The number of hydrogen-bond acceptors (Lipinski definition) is 4. The van der Waals surface area contributed by atoms with E-state index < -0.39 is 0 Å². The Balaban J connectivity index is 1.97. The second kappa shape index (κ2) is 5.77. The first-order chi connectivity index (χ1) is 8.68. The fourth-order valence-corrected chi connectivity index (χ4v) is 2.16. The lowest BCUT2D eigenvalue weighted by Crippen LogP contribution is -2.33. The molecule has 1 aliphatic heterocycles.